The molecule has 0 spiro atoms. The van der Waals surface area contributed by atoms with E-state index in [1.807, 2.05) is 18.2 Å². The van der Waals surface area contributed by atoms with Crippen LogP contribution < -0.4 is 11.3 Å². The Labute approximate surface area is 129 Å². The minimum atomic E-state index is -0.0131. The molecule has 0 bridgehead atoms. The highest BCUT2D eigenvalue weighted by Crippen LogP contribution is 2.31. The van der Waals surface area contributed by atoms with Crippen LogP contribution in [-0.2, 0) is 6.42 Å². The molecule has 1 atom stereocenters. The zero-order chi connectivity index (χ0) is 14.5. The maximum atomic E-state index is 6.25. The highest BCUT2D eigenvalue weighted by atomic mass is 35.5. The second kappa shape index (κ2) is 7.09. The average Bonchev–Trinajstić information content (AvgIpc) is 2.45. The molecule has 3 N–H and O–H groups in total. The quantitative estimate of drug-likeness (QED) is 0.633. The van der Waals surface area contributed by atoms with E-state index >= 15 is 0 Å². The largest absolute Gasteiger partial charge is 0.271 e. The van der Waals surface area contributed by atoms with E-state index < -0.39 is 0 Å². The Hall–Kier alpha value is -1.06. The van der Waals surface area contributed by atoms with E-state index in [1.165, 1.54) is 11.1 Å². The Morgan fingerprint density at radius 1 is 1.10 bits per heavy atom. The molecule has 0 aliphatic heterocycles. The van der Waals surface area contributed by atoms with Crippen LogP contribution in [0.2, 0.25) is 10.0 Å². The molecule has 0 radical (unpaired) electrons. The van der Waals surface area contributed by atoms with Crippen molar-refractivity contribution in [1.82, 2.24) is 5.43 Å². The summed E-state index contributed by atoms with van der Waals surface area (Å²) >= 11 is 12.3. The van der Waals surface area contributed by atoms with E-state index in [2.05, 4.69) is 30.5 Å². The third-order valence-corrected chi connectivity index (χ3v) is 4.36. The highest BCUT2D eigenvalue weighted by Gasteiger charge is 2.15. The predicted octanol–water partition coefficient (Wildman–Crippen LogP) is 4.44. The molecule has 0 heterocycles. The molecule has 0 aromatic heterocycles. The van der Waals surface area contributed by atoms with Crippen molar-refractivity contribution in [2.24, 2.45) is 5.84 Å². The number of hydrazine groups is 1. The van der Waals surface area contributed by atoms with Gasteiger partial charge in [0.25, 0.3) is 0 Å². The summed E-state index contributed by atoms with van der Waals surface area (Å²) in [7, 11) is 0. The van der Waals surface area contributed by atoms with Crippen LogP contribution in [0.5, 0.6) is 0 Å². The molecular formula is C16H18Cl2N2. The predicted molar refractivity (Wildman–Crippen MR) is 86.0 cm³/mol. The third-order valence-electron chi connectivity index (χ3n) is 3.52. The Balaban J connectivity index is 2.14. The van der Waals surface area contributed by atoms with Crippen LogP contribution >= 0.6 is 23.2 Å². The summed E-state index contributed by atoms with van der Waals surface area (Å²) in [6.07, 6.45) is 1.80. The topological polar surface area (TPSA) is 38.0 Å². The molecule has 20 heavy (non-hydrogen) atoms. The van der Waals surface area contributed by atoms with Gasteiger partial charge < -0.3 is 0 Å². The van der Waals surface area contributed by atoms with Crippen molar-refractivity contribution in [1.29, 1.82) is 0 Å². The summed E-state index contributed by atoms with van der Waals surface area (Å²) < 4.78 is 0. The van der Waals surface area contributed by atoms with Gasteiger partial charge in [-0.25, -0.2) is 0 Å². The van der Waals surface area contributed by atoms with Gasteiger partial charge in [-0.2, -0.15) is 0 Å². The fourth-order valence-electron chi connectivity index (χ4n) is 2.31. The molecule has 2 rings (SSSR count). The molecule has 2 aromatic rings. The molecule has 1 unspecified atom stereocenters. The normalized spacial score (nSPS) is 12.4. The maximum absolute atomic E-state index is 6.25. The molecule has 0 amide bonds. The van der Waals surface area contributed by atoms with Crippen LogP contribution in [0.4, 0.5) is 0 Å². The van der Waals surface area contributed by atoms with Gasteiger partial charge in [0.1, 0.15) is 0 Å². The Kier molecular flexibility index (Phi) is 5.44. The van der Waals surface area contributed by atoms with E-state index in [0.29, 0.717) is 10.0 Å². The number of halogens is 2. The third kappa shape index (κ3) is 3.53. The van der Waals surface area contributed by atoms with E-state index in [9.17, 15) is 0 Å². The Morgan fingerprint density at radius 2 is 1.85 bits per heavy atom. The van der Waals surface area contributed by atoms with Crippen LogP contribution in [0.1, 0.15) is 29.2 Å². The van der Waals surface area contributed by atoms with Gasteiger partial charge in [0.2, 0.25) is 0 Å². The van der Waals surface area contributed by atoms with Crippen molar-refractivity contribution in [3.05, 3.63) is 69.2 Å². The van der Waals surface area contributed by atoms with Crippen molar-refractivity contribution in [2.45, 2.75) is 25.8 Å². The van der Waals surface area contributed by atoms with Crippen LogP contribution in [0, 0.1) is 6.92 Å². The molecular weight excluding hydrogens is 291 g/mol. The SMILES string of the molecule is Cc1ccccc1CCC(NN)c1cccc(Cl)c1Cl. The monoisotopic (exact) mass is 308 g/mol. The van der Waals surface area contributed by atoms with Gasteiger partial charge in [0.05, 0.1) is 10.0 Å². The van der Waals surface area contributed by atoms with Crippen LogP contribution in [0.3, 0.4) is 0 Å². The van der Waals surface area contributed by atoms with Gasteiger partial charge in [-0.3, -0.25) is 11.3 Å². The summed E-state index contributed by atoms with van der Waals surface area (Å²) in [4.78, 5) is 0. The molecule has 0 aliphatic rings. The number of benzene rings is 2. The van der Waals surface area contributed by atoms with Crippen molar-refractivity contribution in [2.75, 3.05) is 0 Å². The first-order valence-electron chi connectivity index (χ1n) is 6.58. The highest BCUT2D eigenvalue weighted by molar-refractivity contribution is 6.42. The number of hydrogen-bond acceptors (Lipinski definition) is 2. The van der Waals surface area contributed by atoms with Gasteiger partial charge in [-0.05, 0) is 42.5 Å². The maximum Gasteiger partial charge on any atom is 0.0640 e. The molecule has 0 saturated heterocycles. The minimum Gasteiger partial charge on any atom is -0.271 e. The van der Waals surface area contributed by atoms with Crippen LogP contribution in [0.15, 0.2) is 42.5 Å². The molecule has 106 valence electrons. The molecule has 0 saturated carbocycles. The van der Waals surface area contributed by atoms with Crippen molar-refractivity contribution < 1.29 is 0 Å². The summed E-state index contributed by atoms with van der Waals surface area (Å²) in [6.45, 7) is 2.12. The first kappa shape index (κ1) is 15.3. The standard InChI is InChI=1S/C16H18Cl2N2/c1-11-5-2-3-6-12(11)9-10-15(20-19)13-7-4-8-14(17)16(13)18/h2-8,15,20H,9-10,19H2,1H3. The Morgan fingerprint density at radius 3 is 2.55 bits per heavy atom. The molecule has 2 nitrogen and oxygen atoms in total. The van der Waals surface area contributed by atoms with Crippen molar-refractivity contribution >= 4 is 23.2 Å². The number of hydrogen-bond donors (Lipinski definition) is 2. The van der Waals surface area contributed by atoms with E-state index in [1.54, 1.807) is 6.07 Å². The van der Waals surface area contributed by atoms with Crippen LogP contribution in [0.25, 0.3) is 0 Å². The number of aryl methyl sites for hydroxylation is 2. The summed E-state index contributed by atoms with van der Waals surface area (Å²) in [6, 6.07) is 14.0. The first-order chi connectivity index (χ1) is 9.63. The van der Waals surface area contributed by atoms with Crippen molar-refractivity contribution in [3.63, 3.8) is 0 Å². The molecule has 4 heteroatoms. The molecule has 0 fully saturated rings. The average molecular weight is 309 g/mol. The number of rotatable bonds is 5. The lowest BCUT2D eigenvalue weighted by molar-refractivity contribution is 0.516. The second-order valence-corrected chi connectivity index (χ2v) is 5.61. The zero-order valence-electron chi connectivity index (χ0n) is 11.4. The lowest BCUT2D eigenvalue weighted by atomic mass is 9.97. The van der Waals surface area contributed by atoms with E-state index in [4.69, 9.17) is 29.0 Å². The number of nitrogens with two attached hydrogens (primary N) is 1. The lowest BCUT2D eigenvalue weighted by Gasteiger charge is -2.18. The lowest BCUT2D eigenvalue weighted by Crippen LogP contribution is -2.28. The number of nitrogens with one attached hydrogen (secondary N) is 1. The Bertz CT molecular complexity index is 584. The first-order valence-corrected chi connectivity index (χ1v) is 7.33. The zero-order valence-corrected chi connectivity index (χ0v) is 12.9. The smallest absolute Gasteiger partial charge is 0.0640 e. The summed E-state index contributed by atoms with van der Waals surface area (Å²) in [5.41, 5.74) is 6.39. The van der Waals surface area contributed by atoms with Gasteiger partial charge in [0.15, 0.2) is 0 Å². The summed E-state index contributed by atoms with van der Waals surface area (Å²) in [5.74, 6) is 5.67. The van der Waals surface area contributed by atoms with Gasteiger partial charge in [0, 0.05) is 6.04 Å². The van der Waals surface area contributed by atoms with E-state index in [-0.39, 0.29) is 6.04 Å². The van der Waals surface area contributed by atoms with Gasteiger partial charge in [-0.1, -0.05) is 59.6 Å². The van der Waals surface area contributed by atoms with Gasteiger partial charge in [-0.15, -0.1) is 0 Å². The molecule has 0 aliphatic carbocycles. The van der Waals surface area contributed by atoms with Gasteiger partial charge >= 0.3 is 0 Å². The fourth-order valence-corrected chi connectivity index (χ4v) is 2.75. The fraction of sp³-hybridized carbons (Fsp3) is 0.250. The summed E-state index contributed by atoms with van der Waals surface area (Å²) in [5, 5.41) is 1.13. The minimum absolute atomic E-state index is 0.0131. The second-order valence-electron chi connectivity index (χ2n) is 4.83. The van der Waals surface area contributed by atoms with Crippen LogP contribution in [-0.4, -0.2) is 0 Å². The van der Waals surface area contributed by atoms with Crippen molar-refractivity contribution in [3.8, 4) is 0 Å². The molecule has 2 aromatic carbocycles. The van der Waals surface area contributed by atoms with E-state index in [0.717, 1.165) is 18.4 Å².